The summed E-state index contributed by atoms with van der Waals surface area (Å²) in [7, 11) is 1.61. The second kappa shape index (κ2) is 6.81. The molecule has 1 atom stereocenters. The number of nitrogens with two attached hydrogens (primary N) is 1. The highest BCUT2D eigenvalue weighted by atomic mass is 32.1. The Morgan fingerprint density at radius 3 is 2.63 bits per heavy atom. The Morgan fingerprint density at radius 2 is 2.16 bits per heavy atom. The van der Waals surface area contributed by atoms with Crippen molar-refractivity contribution in [1.29, 1.82) is 0 Å². The molecule has 0 bridgehead atoms. The van der Waals surface area contributed by atoms with Crippen molar-refractivity contribution in [3.63, 3.8) is 0 Å². The minimum absolute atomic E-state index is 0.230. The molecular weight excluding hydrogens is 275 g/mol. The number of nitrogens with zero attached hydrogens (tertiary/aromatic N) is 2. The lowest BCUT2D eigenvalue weighted by Gasteiger charge is -2.25. The quantitative estimate of drug-likeness (QED) is 0.814. The number of alkyl halides is 3. The van der Waals surface area contributed by atoms with Gasteiger partial charge in [-0.25, -0.2) is 0 Å². The Labute approximate surface area is 115 Å². The van der Waals surface area contributed by atoms with Crippen LogP contribution in [0.15, 0.2) is 24.4 Å². The fraction of sp³-hybridized carbons (Fsp3) is 0.500. The van der Waals surface area contributed by atoms with Crippen LogP contribution in [-0.2, 0) is 6.42 Å². The van der Waals surface area contributed by atoms with Gasteiger partial charge in [0.15, 0.2) is 0 Å². The molecule has 0 aromatic carbocycles. The fourth-order valence-corrected chi connectivity index (χ4v) is 1.82. The van der Waals surface area contributed by atoms with E-state index >= 15 is 0 Å². The van der Waals surface area contributed by atoms with Crippen LogP contribution in [-0.4, -0.2) is 41.2 Å². The molecule has 1 aromatic rings. The first-order valence-corrected chi connectivity index (χ1v) is 6.16. The van der Waals surface area contributed by atoms with Crippen molar-refractivity contribution < 1.29 is 13.2 Å². The van der Waals surface area contributed by atoms with E-state index in [9.17, 15) is 13.2 Å². The van der Waals surface area contributed by atoms with E-state index in [1.54, 1.807) is 24.2 Å². The molecule has 0 spiro atoms. The lowest BCUT2D eigenvalue weighted by molar-refractivity contribution is -0.158. The first kappa shape index (κ1) is 15.8. The molecule has 106 valence electrons. The van der Waals surface area contributed by atoms with Crippen LogP contribution >= 0.6 is 12.2 Å². The van der Waals surface area contributed by atoms with Crippen molar-refractivity contribution in [2.75, 3.05) is 20.1 Å². The zero-order valence-electron chi connectivity index (χ0n) is 10.5. The van der Waals surface area contributed by atoms with Gasteiger partial charge >= 0.3 is 6.18 Å². The number of hydrogen-bond donors (Lipinski definition) is 1. The monoisotopic (exact) mass is 291 g/mol. The largest absolute Gasteiger partial charge is 0.399 e. The number of rotatable bonds is 6. The Kier molecular flexibility index (Phi) is 5.68. The van der Waals surface area contributed by atoms with E-state index in [0.717, 1.165) is 5.69 Å². The topological polar surface area (TPSA) is 42.2 Å². The van der Waals surface area contributed by atoms with Crippen LogP contribution < -0.4 is 5.73 Å². The van der Waals surface area contributed by atoms with Crippen LogP contribution in [0.4, 0.5) is 13.2 Å². The zero-order valence-corrected chi connectivity index (χ0v) is 11.3. The second-order valence-electron chi connectivity index (χ2n) is 4.33. The summed E-state index contributed by atoms with van der Waals surface area (Å²) in [5, 5.41) is 0. The molecule has 1 aromatic heterocycles. The Morgan fingerprint density at radius 1 is 1.47 bits per heavy atom. The number of aromatic nitrogens is 1. The van der Waals surface area contributed by atoms with E-state index in [-0.39, 0.29) is 6.54 Å². The van der Waals surface area contributed by atoms with Crippen molar-refractivity contribution >= 4 is 17.2 Å². The number of halogens is 3. The summed E-state index contributed by atoms with van der Waals surface area (Å²) in [4.78, 5) is 5.16. The van der Waals surface area contributed by atoms with E-state index in [4.69, 9.17) is 5.73 Å². The van der Waals surface area contributed by atoms with Crippen molar-refractivity contribution in [3.8, 4) is 0 Å². The summed E-state index contributed by atoms with van der Waals surface area (Å²) in [5.41, 5.74) is 5.99. The summed E-state index contributed by atoms with van der Waals surface area (Å²) in [6.45, 7) is 0.234. The number of likely N-dealkylation sites (N-methyl/N-ethyl adjacent to an activating group) is 1. The van der Waals surface area contributed by atoms with Crippen molar-refractivity contribution in [2.45, 2.75) is 12.6 Å². The highest BCUT2D eigenvalue weighted by Crippen LogP contribution is 2.27. The van der Waals surface area contributed by atoms with Crippen molar-refractivity contribution in [3.05, 3.63) is 30.1 Å². The van der Waals surface area contributed by atoms with Gasteiger partial charge in [-0.3, -0.25) is 4.98 Å². The van der Waals surface area contributed by atoms with Gasteiger partial charge in [0, 0.05) is 31.4 Å². The summed E-state index contributed by atoms with van der Waals surface area (Å²) >= 11 is 4.48. The van der Waals surface area contributed by atoms with Crippen molar-refractivity contribution in [1.82, 2.24) is 9.88 Å². The Balaban J connectivity index is 2.50. The maximum absolute atomic E-state index is 12.7. The minimum Gasteiger partial charge on any atom is -0.393 e. The number of pyridine rings is 1. The van der Waals surface area contributed by atoms with E-state index in [1.807, 2.05) is 12.1 Å². The molecule has 3 nitrogen and oxygen atoms in total. The molecule has 0 saturated carbocycles. The van der Waals surface area contributed by atoms with E-state index in [2.05, 4.69) is 17.2 Å². The van der Waals surface area contributed by atoms with Crippen LogP contribution in [0.25, 0.3) is 0 Å². The molecule has 19 heavy (non-hydrogen) atoms. The Hall–Kier alpha value is -1.21. The van der Waals surface area contributed by atoms with Gasteiger partial charge in [0.1, 0.15) is 5.92 Å². The third-order valence-electron chi connectivity index (χ3n) is 2.71. The third kappa shape index (κ3) is 5.52. The number of thiocarbonyl (C=S) groups is 1. The maximum Gasteiger partial charge on any atom is 0.399 e. The highest BCUT2D eigenvalue weighted by Gasteiger charge is 2.42. The van der Waals surface area contributed by atoms with Crippen LogP contribution in [0.2, 0.25) is 0 Å². The van der Waals surface area contributed by atoms with Gasteiger partial charge in [-0.05, 0) is 19.2 Å². The molecular formula is C12H16F3N3S. The smallest absolute Gasteiger partial charge is 0.393 e. The van der Waals surface area contributed by atoms with Crippen LogP contribution in [0.5, 0.6) is 0 Å². The predicted octanol–water partition coefficient (Wildman–Crippen LogP) is 2.02. The molecule has 0 aliphatic carbocycles. The summed E-state index contributed by atoms with van der Waals surface area (Å²) in [5.74, 6) is -1.77. The molecule has 0 saturated heterocycles. The molecule has 1 heterocycles. The lowest BCUT2D eigenvalue weighted by atomic mass is 10.1. The standard InChI is InChI=1S/C12H16F3N3S/c1-18(7-5-9-4-2-3-6-17-9)8-10(11(16)19)12(13,14)15/h2-4,6,10H,5,7-8H2,1H3,(H2,16,19). The van der Waals surface area contributed by atoms with E-state index in [1.165, 1.54) is 0 Å². The first-order chi connectivity index (χ1) is 8.80. The number of hydrogen-bond acceptors (Lipinski definition) is 3. The highest BCUT2D eigenvalue weighted by molar-refractivity contribution is 7.80. The second-order valence-corrected chi connectivity index (χ2v) is 4.80. The molecule has 1 rings (SSSR count). The van der Waals surface area contributed by atoms with Crippen LogP contribution in [0.3, 0.4) is 0 Å². The van der Waals surface area contributed by atoms with Gasteiger partial charge in [0.25, 0.3) is 0 Å². The molecule has 0 amide bonds. The SMILES string of the molecule is CN(CCc1ccccn1)CC(C(N)=S)C(F)(F)F. The van der Waals surface area contributed by atoms with Gasteiger partial charge in [0.2, 0.25) is 0 Å². The van der Waals surface area contributed by atoms with E-state index in [0.29, 0.717) is 13.0 Å². The van der Waals surface area contributed by atoms with Gasteiger partial charge in [-0.2, -0.15) is 13.2 Å². The van der Waals surface area contributed by atoms with Gasteiger partial charge in [-0.15, -0.1) is 0 Å². The summed E-state index contributed by atoms with van der Waals surface area (Å²) in [6, 6.07) is 5.47. The summed E-state index contributed by atoms with van der Waals surface area (Å²) in [6.07, 6.45) is -2.16. The van der Waals surface area contributed by atoms with Gasteiger partial charge in [0.05, 0.1) is 4.99 Å². The van der Waals surface area contributed by atoms with Gasteiger partial charge in [-0.1, -0.05) is 18.3 Å². The average Bonchev–Trinajstić information content (AvgIpc) is 2.33. The molecule has 0 aliphatic rings. The molecule has 0 fully saturated rings. The molecule has 2 N–H and O–H groups in total. The van der Waals surface area contributed by atoms with E-state index < -0.39 is 17.1 Å². The molecule has 1 unspecified atom stereocenters. The normalized spacial score (nSPS) is 13.5. The Bertz CT molecular complexity index is 408. The average molecular weight is 291 g/mol. The zero-order chi connectivity index (χ0) is 14.5. The molecule has 0 radical (unpaired) electrons. The molecule has 0 aliphatic heterocycles. The van der Waals surface area contributed by atoms with Crippen molar-refractivity contribution in [2.24, 2.45) is 11.7 Å². The first-order valence-electron chi connectivity index (χ1n) is 5.75. The minimum atomic E-state index is -4.40. The van der Waals surface area contributed by atoms with Crippen LogP contribution in [0, 0.1) is 5.92 Å². The molecule has 7 heteroatoms. The lowest BCUT2D eigenvalue weighted by Crippen LogP contribution is -2.42. The van der Waals surface area contributed by atoms with Gasteiger partial charge < -0.3 is 10.6 Å². The summed E-state index contributed by atoms with van der Waals surface area (Å²) < 4.78 is 38.1. The van der Waals surface area contributed by atoms with Crippen LogP contribution in [0.1, 0.15) is 5.69 Å². The predicted molar refractivity (Wildman–Crippen MR) is 71.8 cm³/mol. The fourth-order valence-electron chi connectivity index (χ4n) is 1.61. The maximum atomic E-state index is 12.7. The third-order valence-corrected chi connectivity index (χ3v) is 2.99.